The zero-order valence-corrected chi connectivity index (χ0v) is 8.84. The predicted octanol–water partition coefficient (Wildman–Crippen LogP) is 0.500. The van der Waals surface area contributed by atoms with Gasteiger partial charge in [0.1, 0.15) is 0 Å². The zero-order chi connectivity index (χ0) is 10.7. The van der Waals surface area contributed by atoms with Gasteiger partial charge >= 0.3 is 0 Å². The first-order valence-electron chi connectivity index (χ1n) is 4.32. The molecule has 0 aliphatic rings. The van der Waals surface area contributed by atoms with Crippen molar-refractivity contribution in [3.05, 3.63) is 27.7 Å². The van der Waals surface area contributed by atoms with Crippen LogP contribution in [0.15, 0.2) is 11.4 Å². The van der Waals surface area contributed by atoms with Crippen molar-refractivity contribution >= 4 is 17.2 Å². The zero-order valence-electron chi connectivity index (χ0n) is 8.02. The van der Waals surface area contributed by atoms with Crippen LogP contribution in [0.5, 0.6) is 0 Å². The molecule has 1 amide bonds. The van der Waals surface area contributed by atoms with Gasteiger partial charge in [0.15, 0.2) is 5.82 Å². The summed E-state index contributed by atoms with van der Waals surface area (Å²) in [4.78, 5) is 12.4. The summed E-state index contributed by atoms with van der Waals surface area (Å²) >= 11 is 1.42. The van der Waals surface area contributed by atoms with E-state index in [1.807, 2.05) is 18.4 Å². The Morgan fingerprint density at radius 2 is 2.53 bits per heavy atom. The number of aromatic amines is 1. The Morgan fingerprint density at radius 1 is 1.67 bits per heavy atom. The lowest BCUT2D eigenvalue weighted by atomic mass is 10.3. The molecule has 0 fully saturated rings. The molecule has 0 radical (unpaired) electrons. The summed E-state index contributed by atoms with van der Waals surface area (Å²) in [5.74, 6) is 0.366. The van der Waals surface area contributed by atoms with Gasteiger partial charge in [0.25, 0.3) is 5.91 Å². The van der Waals surface area contributed by atoms with E-state index in [-0.39, 0.29) is 12.5 Å². The van der Waals surface area contributed by atoms with Crippen molar-refractivity contribution in [3.63, 3.8) is 0 Å². The summed E-state index contributed by atoms with van der Waals surface area (Å²) in [5, 5.41) is 17.8. The maximum absolute atomic E-state index is 11.6. The van der Waals surface area contributed by atoms with Crippen molar-refractivity contribution < 1.29 is 4.79 Å². The fourth-order valence-corrected chi connectivity index (χ4v) is 1.94. The van der Waals surface area contributed by atoms with Crippen LogP contribution in [0.1, 0.15) is 21.1 Å². The molecule has 2 heterocycles. The first kappa shape index (κ1) is 9.78. The van der Waals surface area contributed by atoms with E-state index < -0.39 is 0 Å². The summed E-state index contributed by atoms with van der Waals surface area (Å²) in [6, 6.07) is 1.91. The highest BCUT2D eigenvalue weighted by Crippen LogP contribution is 2.14. The number of hydrogen-bond acceptors (Lipinski definition) is 5. The van der Waals surface area contributed by atoms with Crippen LogP contribution in [0, 0.1) is 6.92 Å². The molecule has 2 rings (SSSR count). The molecule has 0 saturated heterocycles. The van der Waals surface area contributed by atoms with E-state index in [1.54, 1.807) is 0 Å². The van der Waals surface area contributed by atoms with Crippen LogP contribution in [-0.2, 0) is 6.54 Å². The van der Waals surface area contributed by atoms with Crippen LogP contribution in [0.2, 0.25) is 0 Å². The molecule has 0 aliphatic carbocycles. The average molecular weight is 223 g/mol. The summed E-state index contributed by atoms with van der Waals surface area (Å²) in [7, 11) is 0. The van der Waals surface area contributed by atoms with E-state index >= 15 is 0 Å². The SMILES string of the molecule is Cc1ccsc1C(=O)NCc1nn[nH]n1. The Labute approximate surface area is 89.7 Å². The number of nitrogens with one attached hydrogen (secondary N) is 2. The number of rotatable bonds is 3. The molecule has 6 nitrogen and oxygen atoms in total. The molecule has 7 heteroatoms. The molecule has 0 atom stereocenters. The maximum Gasteiger partial charge on any atom is 0.261 e. The van der Waals surface area contributed by atoms with E-state index in [0.29, 0.717) is 5.82 Å². The Morgan fingerprint density at radius 3 is 3.13 bits per heavy atom. The van der Waals surface area contributed by atoms with Gasteiger partial charge in [0, 0.05) is 0 Å². The van der Waals surface area contributed by atoms with Crippen LogP contribution in [0.3, 0.4) is 0 Å². The second kappa shape index (κ2) is 4.18. The smallest absolute Gasteiger partial charge is 0.261 e. The first-order chi connectivity index (χ1) is 7.27. The van der Waals surface area contributed by atoms with Crippen molar-refractivity contribution in [1.29, 1.82) is 0 Å². The summed E-state index contributed by atoms with van der Waals surface area (Å²) in [6.07, 6.45) is 0. The molecule has 0 bridgehead atoms. The minimum Gasteiger partial charge on any atom is -0.344 e. The fourth-order valence-electron chi connectivity index (χ4n) is 1.10. The second-order valence-corrected chi connectivity index (χ2v) is 3.86. The highest BCUT2D eigenvalue weighted by atomic mass is 32.1. The maximum atomic E-state index is 11.6. The predicted molar refractivity (Wildman–Crippen MR) is 54.4 cm³/mol. The van der Waals surface area contributed by atoms with E-state index in [9.17, 15) is 4.79 Å². The summed E-state index contributed by atoms with van der Waals surface area (Å²) in [6.45, 7) is 2.19. The van der Waals surface area contributed by atoms with Crippen molar-refractivity contribution in [1.82, 2.24) is 25.9 Å². The quantitative estimate of drug-likeness (QED) is 0.793. The van der Waals surface area contributed by atoms with Gasteiger partial charge in [-0.15, -0.1) is 21.5 Å². The molecule has 0 saturated carbocycles. The van der Waals surface area contributed by atoms with Crippen LogP contribution in [0.4, 0.5) is 0 Å². The largest absolute Gasteiger partial charge is 0.344 e. The van der Waals surface area contributed by atoms with Crippen molar-refractivity contribution in [2.45, 2.75) is 13.5 Å². The molecule has 15 heavy (non-hydrogen) atoms. The van der Waals surface area contributed by atoms with Gasteiger partial charge in [0.05, 0.1) is 11.4 Å². The average Bonchev–Trinajstić information content (AvgIpc) is 2.84. The molecule has 2 aromatic heterocycles. The van der Waals surface area contributed by atoms with E-state index in [1.165, 1.54) is 11.3 Å². The number of hydrogen-bond donors (Lipinski definition) is 2. The molecular weight excluding hydrogens is 214 g/mol. The standard InChI is InChI=1S/C8H9N5OS/c1-5-2-3-15-7(5)8(14)9-4-6-10-12-13-11-6/h2-3H,4H2,1H3,(H,9,14)(H,10,11,12,13). The van der Waals surface area contributed by atoms with Gasteiger partial charge in [-0.1, -0.05) is 5.21 Å². The monoisotopic (exact) mass is 223 g/mol. The highest BCUT2D eigenvalue weighted by Gasteiger charge is 2.10. The molecule has 2 N–H and O–H groups in total. The molecule has 0 aliphatic heterocycles. The Kier molecular flexibility index (Phi) is 2.72. The Hall–Kier alpha value is -1.76. The van der Waals surface area contributed by atoms with Gasteiger partial charge in [0.2, 0.25) is 0 Å². The van der Waals surface area contributed by atoms with Gasteiger partial charge in [-0.25, -0.2) is 0 Å². The van der Waals surface area contributed by atoms with Gasteiger partial charge < -0.3 is 5.32 Å². The number of nitrogens with zero attached hydrogens (tertiary/aromatic N) is 3. The van der Waals surface area contributed by atoms with Crippen molar-refractivity contribution in [2.24, 2.45) is 0 Å². The number of tetrazole rings is 1. The molecule has 0 unspecified atom stereocenters. The minimum atomic E-state index is -0.104. The number of H-pyrrole nitrogens is 1. The fraction of sp³-hybridized carbons (Fsp3) is 0.250. The molecular formula is C8H9N5OS. The van der Waals surface area contributed by atoms with Crippen molar-refractivity contribution in [3.8, 4) is 0 Å². The molecule has 2 aromatic rings. The molecule has 0 aromatic carbocycles. The third kappa shape index (κ3) is 2.18. The third-order valence-electron chi connectivity index (χ3n) is 1.86. The third-order valence-corrected chi connectivity index (χ3v) is 2.88. The second-order valence-electron chi connectivity index (χ2n) is 2.94. The van der Waals surface area contributed by atoms with Crippen LogP contribution < -0.4 is 5.32 Å². The lowest BCUT2D eigenvalue weighted by Gasteiger charge is -2.00. The number of amides is 1. The summed E-state index contributed by atoms with van der Waals surface area (Å²) < 4.78 is 0. The Balaban J connectivity index is 1.96. The number of aromatic nitrogens is 4. The van der Waals surface area contributed by atoms with Crippen LogP contribution in [-0.4, -0.2) is 26.5 Å². The van der Waals surface area contributed by atoms with Crippen molar-refractivity contribution in [2.75, 3.05) is 0 Å². The highest BCUT2D eigenvalue weighted by molar-refractivity contribution is 7.12. The number of carbonyl (C=O) groups is 1. The number of thiophene rings is 1. The summed E-state index contributed by atoms with van der Waals surface area (Å²) in [5.41, 5.74) is 0.977. The lowest BCUT2D eigenvalue weighted by molar-refractivity contribution is 0.0953. The number of aryl methyl sites for hydroxylation is 1. The van der Waals surface area contributed by atoms with Gasteiger partial charge in [-0.2, -0.15) is 5.21 Å². The first-order valence-corrected chi connectivity index (χ1v) is 5.20. The number of carbonyl (C=O) groups excluding carboxylic acids is 1. The normalized spacial score (nSPS) is 10.2. The van der Waals surface area contributed by atoms with Crippen LogP contribution >= 0.6 is 11.3 Å². The van der Waals surface area contributed by atoms with Gasteiger partial charge in [-0.05, 0) is 23.9 Å². The molecule has 78 valence electrons. The minimum absolute atomic E-state index is 0.104. The van der Waals surface area contributed by atoms with E-state index in [0.717, 1.165) is 10.4 Å². The van der Waals surface area contributed by atoms with E-state index in [2.05, 4.69) is 25.9 Å². The van der Waals surface area contributed by atoms with Gasteiger partial charge in [-0.3, -0.25) is 4.79 Å². The molecule has 0 spiro atoms. The Bertz CT molecular complexity index is 449. The topological polar surface area (TPSA) is 83.6 Å². The lowest BCUT2D eigenvalue weighted by Crippen LogP contribution is -2.23. The van der Waals surface area contributed by atoms with Crippen LogP contribution in [0.25, 0.3) is 0 Å². The van der Waals surface area contributed by atoms with E-state index in [4.69, 9.17) is 0 Å².